The summed E-state index contributed by atoms with van der Waals surface area (Å²) in [6, 6.07) is 11.8. The first-order chi connectivity index (χ1) is 16.0. The monoisotopic (exact) mass is 468 g/mol. The van der Waals surface area contributed by atoms with Crippen LogP contribution in [0.4, 0.5) is 19.6 Å². The molecule has 1 saturated heterocycles. The zero-order chi connectivity index (χ0) is 22.9. The highest BCUT2D eigenvalue weighted by atomic mass is 32.1. The minimum absolute atomic E-state index is 0.157. The van der Waals surface area contributed by atoms with Gasteiger partial charge in [-0.2, -0.15) is 0 Å². The Bertz CT molecular complexity index is 1250. The second-order valence-corrected chi connectivity index (χ2v) is 8.88. The summed E-state index contributed by atoms with van der Waals surface area (Å²) >= 11 is 1.50. The Morgan fingerprint density at radius 3 is 2.52 bits per heavy atom. The highest BCUT2D eigenvalue weighted by Crippen LogP contribution is 2.27. The van der Waals surface area contributed by atoms with Gasteiger partial charge in [-0.25, -0.2) is 18.3 Å². The molecule has 33 heavy (non-hydrogen) atoms. The van der Waals surface area contributed by atoms with E-state index in [9.17, 15) is 13.6 Å². The first-order valence-electron chi connectivity index (χ1n) is 10.6. The fourth-order valence-corrected chi connectivity index (χ4v) is 4.79. The largest absolute Gasteiger partial charge is 0.344 e. The number of carbonyl (C=O) groups excluding carboxylic acids is 1. The average molecular weight is 469 g/mol. The van der Waals surface area contributed by atoms with Gasteiger partial charge in [-0.3, -0.25) is 9.69 Å². The molecule has 0 spiro atoms. The topological polar surface area (TPSA) is 65.8 Å². The Balaban J connectivity index is 1.20. The van der Waals surface area contributed by atoms with Gasteiger partial charge in [-0.15, -0.1) is 5.10 Å². The maximum absolute atomic E-state index is 13.4. The molecule has 7 nitrogen and oxygen atoms in total. The molecule has 10 heteroatoms. The SMILES string of the molecule is CC(C(=O)Nc1cccc(F)c1)N1CCN(c2nn3cc(-c4ccc(F)cc4)nc3s2)CC1. The summed E-state index contributed by atoms with van der Waals surface area (Å²) in [6.07, 6.45) is 1.84. The number of rotatable bonds is 5. The van der Waals surface area contributed by atoms with Crippen molar-refractivity contribution in [2.24, 2.45) is 0 Å². The third kappa shape index (κ3) is 4.57. The van der Waals surface area contributed by atoms with Crippen LogP contribution in [0.5, 0.6) is 0 Å². The molecule has 2 aromatic heterocycles. The predicted octanol–water partition coefficient (Wildman–Crippen LogP) is 3.89. The Morgan fingerprint density at radius 1 is 1.06 bits per heavy atom. The standard InChI is InChI=1S/C23H22F2N6OS/c1-15(21(32)26-19-4-2-3-18(25)13-19)29-9-11-30(12-10-29)23-28-31-14-20(27-22(31)33-23)16-5-7-17(24)8-6-16/h2-8,13-15H,9-12H2,1H3,(H,26,32). The van der Waals surface area contributed by atoms with Gasteiger partial charge in [0, 0.05) is 37.4 Å². The van der Waals surface area contributed by atoms with Gasteiger partial charge in [0.15, 0.2) is 0 Å². The fraction of sp³-hybridized carbons (Fsp3) is 0.261. The molecule has 5 rings (SSSR count). The number of fused-ring (bicyclic) bond motifs is 1. The first kappa shape index (κ1) is 21.5. The highest BCUT2D eigenvalue weighted by molar-refractivity contribution is 7.20. The van der Waals surface area contributed by atoms with Gasteiger partial charge >= 0.3 is 0 Å². The summed E-state index contributed by atoms with van der Waals surface area (Å²) in [5.41, 5.74) is 2.05. The van der Waals surface area contributed by atoms with Crippen molar-refractivity contribution in [1.82, 2.24) is 19.5 Å². The molecule has 1 aliphatic rings. The molecular weight excluding hydrogens is 446 g/mol. The maximum atomic E-state index is 13.4. The second-order valence-electron chi connectivity index (χ2n) is 7.94. The number of amides is 1. The van der Waals surface area contributed by atoms with Crippen molar-refractivity contribution < 1.29 is 13.6 Å². The molecule has 1 N–H and O–H groups in total. The normalized spacial score (nSPS) is 15.7. The third-order valence-electron chi connectivity index (χ3n) is 5.78. The van der Waals surface area contributed by atoms with Crippen LogP contribution in [0.1, 0.15) is 6.92 Å². The number of halogens is 2. The van der Waals surface area contributed by atoms with E-state index in [0.717, 1.165) is 34.4 Å². The summed E-state index contributed by atoms with van der Waals surface area (Å²) in [5, 5.41) is 8.32. The average Bonchev–Trinajstić information content (AvgIpc) is 3.39. The summed E-state index contributed by atoms with van der Waals surface area (Å²) in [4.78, 5) is 22.3. The second kappa shape index (κ2) is 8.87. The molecule has 0 aliphatic carbocycles. The van der Waals surface area contributed by atoms with E-state index in [1.807, 2.05) is 13.1 Å². The van der Waals surface area contributed by atoms with Crippen molar-refractivity contribution in [3.63, 3.8) is 0 Å². The Labute approximate surface area is 193 Å². The van der Waals surface area contributed by atoms with Gasteiger partial charge in [0.1, 0.15) is 11.6 Å². The molecule has 0 radical (unpaired) electrons. The van der Waals surface area contributed by atoms with E-state index in [2.05, 4.69) is 25.2 Å². The summed E-state index contributed by atoms with van der Waals surface area (Å²) in [7, 11) is 0. The quantitative estimate of drug-likeness (QED) is 0.482. The van der Waals surface area contributed by atoms with Gasteiger partial charge in [0.05, 0.1) is 17.9 Å². The lowest BCUT2D eigenvalue weighted by Gasteiger charge is -2.37. The molecule has 0 saturated carbocycles. The van der Waals surface area contributed by atoms with E-state index >= 15 is 0 Å². The van der Waals surface area contributed by atoms with Crippen molar-refractivity contribution in [3.05, 3.63) is 66.4 Å². The number of imidazole rings is 1. The number of hydrogen-bond acceptors (Lipinski definition) is 6. The molecular formula is C23H22F2N6OS. The van der Waals surface area contributed by atoms with E-state index in [1.54, 1.807) is 28.8 Å². The lowest BCUT2D eigenvalue weighted by atomic mass is 10.2. The van der Waals surface area contributed by atoms with Gasteiger partial charge in [-0.05, 0) is 49.4 Å². The van der Waals surface area contributed by atoms with Crippen LogP contribution in [0.2, 0.25) is 0 Å². The van der Waals surface area contributed by atoms with Gasteiger partial charge in [-0.1, -0.05) is 17.4 Å². The smallest absolute Gasteiger partial charge is 0.241 e. The molecule has 3 heterocycles. The lowest BCUT2D eigenvalue weighted by molar-refractivity contribution is -0.120. The van der Waals surface area contributed by atoms with Crippen LogP contribution in [-0.4, -0.2) is 57.6 Å². The van der Waals surface area contributed by atoms with E-state index in [4.69, 9.17) is 0 Å². The molecule has 2 aromatic carbocycles. The molecule has 4 aromatic rings. The number of nitrogens with one attached hydrogen (secondary N) is 1. The van der Waals surface area contributed by atoms with Gasteiger partial charge < -0.3 is 10.2 Å². The van der Waals surface area contributed by atoms with Crippen LogP contribution in [0.25, 0.3) is 16.2 Å². The number of hydrogen-bond donors (Lipinski definition) is 1. The number of nitrogens with zero attached hydrogens (tertiary/aromatic N) is 5. The van der Waals surface area contributed by atoms with Gasteiger partial charge in [0.2, 0.25) is 16.0 Å². The fourth-order valence-electron chi connectivity index (χ4n) is 3.86. The Kier molecular flexibility index (Phi) is 5.77. The van der Waals surface area contributed by atoms with Crippen molar-refractivity contribution in [3.8, 4) is 11.3 Å². The van der Waals surface area contributed by atoms with Gasteiger partial charge in [0.25, 0.3) is 0 Å². The van der Waals surface area contributed by atoms with Crippen LogP contribution in [0.15, 0.2) is 54.7 Å². The van der Waals surface area contributed by atoms with Crippen molar-refractivity contribution in [1.29, 1.82) is 0 Å². The minimum Gasteiger partial charge on any atom is -0.344 e. The molecule has 1 atom stereocenters. The zero-order valence-electron chi connectivity index (χ0n) is 17.9. The number of anilines is 2. The van der Waals surface area contributed by atoms with Crippen molar-refractivity contribution in [2.45, 2.75) is 13.0 Å². The molecule has 1 aliphatic heterocycles. The number of piperazine rings is 1. The lowest BCUT2D eigenvalue weighted by Crippen LogP contribution is -2.52. The van der Waals surface area contributed by atoms with Crippen molar-refractivity contribution >= 4 is 33.0 Å². The number of aromatic nitrogens is 3. The third-order valence-corrected chi connectivity index (χ3v) is 6.76. The molecule has 0 bridgehead atoms. The van der Waals surface area contributed by atoms with Crippen LogP contribution in [0, 0.1) is 11.6 Å². The van der Waals surface area contributed by atoms with Crippen LogP contribution >= 0.6 is 11.3 Å². The van der Waals surface area contributed by atoms with Crippen LogP contribution in [-0.2, 0) is 4.79 Å². The summed E-state index contributed by atoms with van der Waals surface area (Å²) in [5.74, 6) is -0.816. The first-order valence-corrected chi connectivity index (χ1v) is 11.5. The summed E-state index contributed by atoms with van der Waals surface area (Å²) in [6.45, 7) is 4.75. The zero-order valence-corrected chi connectivity index (χ0v) is 18.7. The van der Waals surface area contributed by atoms with Crippen LogP contribution < -0.4 is 10.2 Å². The molecule has 170 valence electrons. The van der Waals surface area contributed by atoms with E-state index in [1.165, 1.54) is 35.6 Å². The van der Waals surface area contributed by atoms with E-state index in [-0.39, 0.29) is 23.6 Å². The molecule has 1 amide bonds. The predicted molar refractivity (Wildman–Crippen MR) is 125 cm³/mol. The van der Waals surface area contributed by atoms with Crippen LogP contribution in [0.3, 0.4) is 0 Å². The minimum atomic E-state index is -0.381. The number of benzene rings is 2. The Hall–Kier alpha value is -3.37. The van der Waals surface area contributed by atoms with E-state index < -0.39 is 0 Å². The molecule has 1 fully saturated rings. The van der Waals surface area contributed by atoms with E-state index in [0.29, 0.717) is 18.8 Å². The summed E-state index contributed by atoms with van der Waals surface area (Å²) < 4.78 is 28.3. The highest BCUT2D eigenvalue weighted by Gasteiger charge is 2.27. The maximum Gasteiger partial charge on any atom is 0.241 e. The molecule has 1 unspecified atom stereocenters. The number of carbonyl (C=O) groups is 1. The Morgan fingerprint density at radius 2 is 1.82 bits per heavy atom. The van der Waals surface area contributed by atoms with Crippen molar-refractivity contribution in [2.75, 3.05) is 36.4 Å².